The van der Waals surface area contributed by atoms with Crippen LogP contribution in [-0.4, -0.2) is 49.3 Å². The maximum atomic E-state index is 10.6. The third-order valence-electron chi connectivity index (χ3n) is 11.3. The molecule has 0 saturated carbocycles. The van der Waals surface area contributed by atoms with Gasteiger partial charge in [0.15, 0.2) is 0 Å². The number of nitrogens with one attached hydrogen (secondary N) is 1. The standard InChI is InChI=1S/C21H17NO2.C13H13BO3.C9H8BrNO.C9H9NO.C5H4INO.C4H6.CH4/c1-2-19-20(18-4-3-13-22-21(18)24-19)16-7-5-14(6-8-16)15-9-11-17(23)12-10-15;1-17-13-8-4-11(5-9-13)10-2-6-12(7-3-10)14(15)16;1-2-7-8(10)6-4-3-5-11-9(6)12-7;1-2-8-6-7-4-3-5-10-9(7)11-8;6-4-2-1-3-7-5(4)8;1-3-4-2;/h3-13,23H,2H2,1H3;2-9,15-16H,1H3;3-5H,2H2,1H3;3-6H,2H2,1H3;1-3H,(H,7,8);1H,4H2,2H3;1H4. The molecule has 0 radical (unpaired) electrons. The monoisotopic (exact) mass is 1210 g/mol. The van der Waals surface area contributed by atoms with E-state index in [-0.39, 0.29) is 18.7 Å². The van der Waals surface area contributed by atoms with Gasteiger partial charge < -0.3 is 38.1 Å². The molecule has 0 aliphatic heterocycles. The number of aromatic hydroxyl groups is 1. The number of aromatic nitrogens is 4. The SMILES string of the molecule is C.C#CCC.CCc1cc2cccnc2o1.CCc1oc2ncccc2c1-c1ccc(-c2ccc(O)cc2)cc1.CCc1oc2ncccc2c1Br.COc1ccc(-c2ccc(B(O)O)cc2)cc1.O=c1[nH]cccc1I. The number of furan rings is 3. The number of methoxy groups -OCH3 is 1. The highest BCUT2D eigenvalue weighted by Gasteiger charge is 2.16. The van der Waals surface area contributed by atoms with E-state index in [1.165, 1.54) is 0 Å². The van der Waals surface area contributed by atoms with Gasteiger partial charge in [-0.1, -0.05) is 108 Å². The van der Waals surface area contributed by atoms with Gasteiger partial charge in [-0.3, -0.25) is 4.79 Å². The quantitative estimate of drug-likeness (QED) is 0.0646. The molecule has 0 fully saturated rings. The number of nitrogens with zero attached hydrogens (tertiary/aromatic N) is 3. The molecule has 77 heavy (non-hydrogen) atoms. The van der Waals surface area contributed by atoms with Gasteiger partial charge in [-0.15, -0.1) is 12.3 Å². The summed E-state index contributed by atoms with van der Waals surface area (Å²) in [7, 11) is 0.215. The Morgan fingerprint density at radius 3 is 1.62 bits per heavy atom. The van der Waals surface area contributed by atoms with Gasteiger partial charge in [-0.25, -0.2) is 15.0 Å². The number of hydrogen-bond donors (Lipinski definition) is 4. The first-order valence-corrected chi connectivity index (χ1v) is 26.3. The van der Waals surface area contributed by atoms with E-state index >= 15 is 0 Å². The number of rotatable bonds is 8. The zero-order valence-corrected chi connectivity index (χ0v) is 46.5. The Bertz CT molecular complexity index is 3590. The maximum Gasteiger partial charge on any atom is 0.488 e. The average Bonchev–Trinajstić information content (AvgIpc) is 4.18. The molecule has 12 nitrogen and oxygen atoms in total. The highest BCUT2D eigenvalue weighted by molar-refractivity contribution is 14.1. The Kier molecular flexibility index (Phi) is 24.0. The summed E-state index contributed by atoms with van der Waals surface area (Å²) < 4.78 is 23.6. The smallest absolute Gasteiger partial charge is 0.488 e. The number of halogens is 2. The van der Waals surface area contributed by atoms with Crippen molar-refractivity contribution in [2.75, 3.05) is 7.11 Å². The topological polar surface area (TPSA) is 181 Å². The van der Waals surface area contributed by atoms with Gasteiger partial charge in [0.25, 0.3) is 5.56 Å². The van der Waals surface area contributed by atoms with Gasteiger partial charge in [0, 0.05) is 66.8 Å². The second-order valence-electron chi connectivity index (χ2n) is 16.4. The molecule has 11 aromatic rings. The highest BCUT2D eigenvalue weighted by atomic mass is 127. The van der Waals surface area contributed by atoms with Crippen molar-refractivity contribution in [2.24, 2.45) is 0 Å². The number of H-pyrrole nitrogens is 1. The number of ether oxygens (including phenoxy) is 1. The average molecular weight is 1210 g/mol. The Morgan fingerprint density at radius 2 is 1.14 bits per heavy atom. The fourth-order valence-electron chi connectivity index (χ4n) is 7.34. The molecule has 0 aliphatic carbocycles. The van der Waals surface area contributed by atoms with Crippen molar-refractivity contribution < 1.29 is 33.1 Å². The third-order valence-corrected chi connectivity index (χ3v) is 13.0. The first kappa shape index (κ1) is 60.1. The first-order chi connectivity index (χ1) is 36.9. The minimum absolute atomic E-state index is 0. The van der Waals surface area contributed by atoms with Crippen LogP contribution in [0.15, 0.2) is 199 Å². The third kappa shape index (κ3) is 16.9. The number of phenols is 1. The number of pyridine rings is 4. The normalized spacial score (nSPS) is 10.1. The molecule has 0 aliphatic rings. The minimum atomic E-state index is -1.42. The van der Waals surface area contributed by atoms with Crippen LogP contribution in [0.2, 0.25) is 0 Å². The summed E-state index contributed by atoms with van der Waals surface area (Å²) in [5, 5.41) is 30.6. The number of benzene rings is 4. The summed E-state index contributed by atoms with van der Waals surface area (Å²) >= 11 is 5.46. The highest BCUT2D eigenvalue weighted by Crippen LogP contribution is 2.36. The summed E-state index contributed by atoms with van der Waals surface area (Å²) in [6.45, 7) is 8.16. The van der Waals surface area contributed by atoms with E-state index in [0.29, 0.717) is 16.9 Å². The van der Waals surface area contributed by atoms with Crippen LogP contribution >= 0.6 is 38.5 Å². The number of hydrogen-bond acceptors (Lipinski definition) is 11. The van der Waals surface area contributed by atoms with Crippen LogP contribution in [0.5, 0.6) is 11.5 Å². The Balaban J connectivity index is 0.000000182. The van der Waals surface area contributed by atoms with Gasteiger partial charge in [0.05, 0.1) is 20.5 Å². The second-order valence-corrected chi connectivity index (χ2v) is 18.3. The molecule has 394 valence electrons. The van der Waals surface area contributed by atoms with Crippen molar-refractivity contribution in [1.29, 1.82) is 0 Å². The summed E-state index contributed by atoms with van der Waals surface area (Å²) in [6.07, 6.45) is 15.1. The molecule has 0 saturated heterocycles. The van der Waals surface area contributed by atoms with Crippen molar-refractivity contribution in [3.63, 3.8) is 0 Å². The van der Waals surface area contributed by atoms with Gasteiger partial charge in [-0.2, -0.15) is 0 Å². The van der Waals surface area contributed by atoms with E-state index in [1.807, 2.05) is 121 Å². The molecule has 0 spiro atoms. The number of phenolic OH excluding ortho intramolecular Hbond substituents is 1. The lowest BCUT2D eigenvalue weighted by atomic mass is 9.80. The summed E-state index contributed by atoms with van der Waals surface area (Å²) in [6, 6.07) is 47.9. The fraction of sp³-hybridized carbons (Fsp3) is 0.161. The molecule has 0 unspecified atom stereocenters. The molecule has 0 atom stereocenters. The maximum absolute atomic E-state index is 10.6. The van der Waals surface area contributed by atoms with Crippen LogP contribution in [0.3, 0.4) is 0 Å². The van der Waals surface area contributed by atoms with Gasteiger partial charge in [0.1, 0.15) is 28.8 Å². The van der Waals surface area contributed by atoms with Crippen LogP contribution in [0.4, 0.5) is 0 Å². The first-order valence-electron chi connectivity index (χ1n) is 24.4. The molecular formula is C62H61BBrIN4O8. The number of aryl methyl sites for hydroxylation is 3. The molecule has 4 aromatic carbocycles. The number of fused-ring (bicyclic) bond motifs is 3. The lowest BCUT2D eigenvalue weighted by molar-refractivity contribution is 0.415. The van der Waals surface area contributed by atoms with Crippen LogP contribution in [-0.2, 0) is 19.3 Å². The van der Waals surface area contributed by atoms with Gasteiger partial charge in [-0.05, 0) is 151 Å². The van der Waals surface area contributed by atoms with E-state index in [0.717, 1.165) is 112 Å². The summed E-state index contributed by atoms with van der Waals surface area (Å²) in [5.74, 6) is 6.44. The van der Waals surface area contributed by atoms with Crippen molar-refractivity contribution in [1.82, 2.24) is 19.9 Å². The zero-order valence-electron chi connectivity index (χ0n) is 42.7. The van der Waals surface area contributed by atoms with Gasteiger partial charge in [0.2, 0.25) is 17.1 Å². The van der Waals surface area contributed by atoms with Crippen molar-refractivity contribution in [3.05, 3.63) is 212 Å². The van der Waals surface area contributed by atoms with Gasteiger partial charge >= 0.3 is 7.12 Å². The van der Waals surface area contributed by atoms with Crippen LogP contribution in [0.1, 0.15) is 58.8 Å². The minimum Gasteiger partial charge on any atom is -0.508 e. The predicted molar refractivity (Wildman–Crippen MR) is 324 cm³/mol. The van der Waals surface area contributed by atoms with E-state index in [1.54, 1.807) is 68.3 Å². The van der Waals surface area contributed by atoms with Crippen LogP contribution in [0, 0.1) is 15.9 Å². The number of terminal acetylenes is 1. The van der Waals surface area contributed by atoms with Crippen molar-refractivity contribution in [3.8, 4) is 57.2 Å². The molecule has 15 heteroatoms. The lowest BCUT2D eigenvalue weighted by Gasteiger charge is -2.05. The molecule has 0 amide bonds. The molecular weight excluding hydrogens is 1150 g/mol. The summed E-state index contributed by atoms with van der Waals surface area (Å²) in [4.78, 5) is 25.6. The van der Waals surface area contributed by atoms with Crippen molar-refractivity contribution >= 4 is 84.4 Å². The largest absolute Gasteiger partial charge is 0.508 e. The zero-order chi connectivity index (χ0) is 54.4. The van der Waals surface area contributed by atoms with E-state index in [9.17, 15) is 9.90 Å². The van der Waals surface area contributed by atoms with E-state index < -0.39 is 7.12 Å². The van der Waals surface area contributed by atoms with E-state index in [4.69, 9.17) is 34.5 Å². The molecule has 7 aromatic heterocycles. The van der Waals surface area contributed by atoms with E-state index in [2.05, 4.69) is 86.8 Å². The molecule has 11 rings (SSSR count). The summed E-state index contributed by atoms with van der Waals surface area (Å²) in [5.41, 5.74) is 9.13. The molecule has 4 N–H and O–H groups in total. The van der Waals surface area contributed by atoms with Crippen LogP contribution in [0.25, 0.3) is 66.7 Å². The number of aromatic amines is 1. The fourth-order valence-corrected chi connectivity index (χ4v) is 8.37. The van der Waals surface area contributed by atoms with Crippen LogP contribution < -0.4 is 15.8 Å². The second kappa shape index (κ2) is 30.7. The lowest BCUT2D eigenvalue weighted by Crippen LogP contribution is -2.29. The molecule has 7 heterocycles. The molecule has 0 bridgehead atoms. The Labute approximate surface area is 471 Å². The van der Waals surface area contributed by atoms with Crippen molar-refractivity contribution in [2.45, 2.75) is 60.8 Å². The Hall–Kier alpha value is -7.75. The Morgan fingerprint density at radius 1 is 0.649 bits per heavy atom. The predicted octanol–water partition coefficient (Wildman–Crippen LogP) is 14.7.